The maximum Gasteiger partial charge on any atom is 0.328 e. The third-order valence-corrected chi connectivity index (χ3v) is 5.43. The van der Waals surface area contributed by atoms with Crippen molar-refractivity contribution in [1.82, 2.24) is 10.2 Å². The van der Waals surface area contributed by atoms with Gasteiger partial charge in [0.05, 0.1) is 23.3 Å². The number of nitriles is 1. The highest BCUT2D eigenvalue weighted by atomic mass is 19.1. The third-order valence-electron chi connectivity index (χ3n) is 5.43. The number of fused-ring (bicyclic) bond motifs is 1. The first-order chi connectivity index (χ1) is 16.0. The van der Waals surface area contributed by atoms with E-state index in [-0.39, 0.29) is 5.56 Å². The van der Waals surface area contributed by atoms with E-state index in [9.17, 15) is 4.79 Å². The second-order valence-corrected chi connectivity index (χ2v) is 7.48. The zero-order valence-corrected chi connectivity index (χ0v) is 17.8. The minimum Gasteiger partial charge on any atom is -0.478 e. The van der Waals surface area contributed by atoms with Gasteiger partial charge in [-0.05, 0) is 64.6 Å². The molecule has 33 heavy (non-hydrogen) atoms. The maximum absolute atomic E-state index is 15.0. The van der Waals surface area contributed by atoms with Crippen molar-refractivity contribution >= 4 is 34.1 Å². The molecule has 0 saturated carbocycles. The number of nitrogens with one attached hydrogen (secondary N) is 1. The molecule has 5 nitrogen and oxygen atoms in total. The molecule has 1 heterocycles. The fourth-order valence-corrected chi connectivity index (χ4v) is 3.87. The molecule has 1 aromatic heterocycles. The SMILES string of the molecule is CCC(=C(c1ccc(/C=C/C(=O)O)cc1)c1ccc2[nH]ncc2c1)c1ccc(C#N)cc1F. The predicted octanol–water partition coefficient (Wildman–Crippen LogP) is 6.04. The van der Waals surface area contributed by atoms with Crippen LogP contribution in [-0.4, -0.2) is 21.3 Å². The van der Waals surface area contributed by atoms with Gasteiger partial charge in [-0.15, -0.1) is 0 Å². The van der Waals surface area contributed by atoms with Crippen LogP contribution in [-0.2, 0) is 4.79 Å². The Bertz CT molecular complexity index is 1440. The Morgan fingerprint density at radius 2 is 1.88 bits per heavy atom. The highest BCUT2D eigenvalue weighted by Crippen LogP contribution is 2.36. The van der Waals surface area contributed by atoms with Gasteiger partial charge in [-0.1, -0.05) is 43.3 Å². The summed E-state index contributed by atoms with van der Waals surface area (Å²) in [6, 6.07) is 19.8. The van der Waals surface area contributed by atoms with E-state index in [1.165, 1.54) is 12.1 Å². The van der Waals surface area contributed by atoms with Gasteiger partial charge in [0, 0.05) is 17.0 Å². The van der Waals surface area contributed by atoms with Crippen LogP contribution in [0.15, 0.2) is 72.9 Å². The molecule has 0 bridgehead atoms. The Kier molecular flexibility index (Phi) is 6.14. The molecule has 0 aliphatic heterocycles. The number of halogens is 1. The number of carboxylic acid groups (broad SMARTS) is 1. The average Bonchev–Trinajstić information content (AvgIpc) is 3.30. The van der Waals surface area contributed by atoms with E-state index in [0.29, 0.717) is 12.0 Å². The highest BCUT2D eigenvalue weighted by molar-refractivity contribution is 6.00. The van der Waals surface area contributed by atoms with E-state index in [1.807, 2.05) is 55.5 Å². The van der Waals surface area contributed by atoms with Gasteiger partial charge in [-0.25, -0.2) is 9.18 Å². The van der Waals surface area contributed by atoms with E-state index in [0.717, 1.165) is 44.8 Å². The summed E-state index contributed by atoms with van der Waals surface area (Å²) in [5, 5.41) is 26.0. The molecule has 3 aromatic carbocycles. The summed E-state index contributed by atoms with van der Waals surface area (Å²) < 4.78 is 15.0. The van der Waals surface area contributed by atoms with Crippen LogP contribution in [0.3, 0.4) is 0 Å². The first-order valence-electron chi connectivity index (χ1n) is 10.4. The molecule has 0 atom stereocenters. The van der Waals surface area contributed by atoms with Crippen molar-refractivity contribution in [2.24, 2.45) is 0 Å². The number of aromatic amines is 1. The summed E-state index contributed by atoms with van der Waals surface area (Å²) >= 11 is 0. The summed E-state index contributed by atoms with van der Waals surface area (Å²) in [6.45, 7) is 1.97. The van der Waals surface area contributed by atoms with Crippen molar-refractivity contribution < 1.29 is 14.3 Å². The van der Waals surface area contributed by atoms with Gasteiger partial charge >= 0.3 is 5.97 Å². The van der Waals surface area contributed by atoms with Crippen molar-refractivity contribution in [3.8, 4) is 6.07 Å². The van der Waals surface area contributed by atoms with E-state index in [2.05, 4.69) is 10.2 Å². The molecule has 0 fully saturated rings. The molecule has 2 N–H and O–H groups in total. The Morgan fingerprint density at radius 3 is 2.55 bits per heavy atom. The fourth-order valence-electron chi connectivity index (χ4n) is 3.87. The van der Waals surface area contributed by atoms with Crippen LogP contribution in [0.25, 0.3) is 28.1 Å². The number of nitrogens with zero attached hydrogens (tertiary/aromatic N) is 2. The van der Waals surface area contributed by atoms with Gasteiger partial charge in [0.2, 0.25) is 0 Å². The van der Waals surface area contributed by atoms with Crippen molar-refractivity contribution in [3.05, 3.63) is 107 Å². The molecular weight excluding hydrogens is 417 g/mol. The van der Waals surface area contributed by atoms with Crippen LogP contribution >= 0.6 is 0 Å². The fraction of sp³-hybridized carbons (Fsp3) is 0.0741. The number of H-pyrrole nitrogens is 1. The molecule has 6 heteroatoms. The molecule has 4 aromatic rings. The Labute approximate surface area is 190 Å². The lowest BCUT2D eigenvalue weighted by atomic mass is 9.87. The van der Waals surface area contributed by atoms with Gasteiger partial charge in [0.25, 0.3) is 0 Å². The topological polar surface area (TPSA) is 89.8 Å². The van der Waals surface area contributed by atoms with Crippen molar-refractivity contribution in [1.29, 1.82) is 5.26 Å². The van der Waals surface area contributed by atoms with Crippen LogP contribution in [0.2, 0.25) is 0 Å². The summed E-state index contributed by atoms with van der Waals surface area (Å²) in [4.78, 5) is 10.8. The van der Waals surface area contributed by atoms with Crippen LogP contribution < -0.4 is 0 Å². The molecular formula is C27H20FN3O2. The molecule has 0 saturated heterocycles. The zero-order valence-electron chi connectivity index (χ0n) is 17.8. The summed E-state index contributed by atoms with van der Waals surface area (Å²) in [7, 11) is 0. The van der Waals surface area contributed by atoms with Crippen molar-refractivity contribution in [2.45, 2.75) is 13.3 Å². The minimum atomic E-state index is -1.02. The second-order valence-electron chi connectivity index (χ2n) is 7.48. The Hall–Kier alpha value is -4.50. The zero-order chi connectivity index (χ0) is 23.4. The maximum atomic E-state index is 15.0. The lowest BCUT2D eigenvalue weighted by Gasteiger charge is -2.17. The average molecular weight is 437 g/mol. The van der Waals surface area contributed by atoms with Crippen LogP contribution in [0.4, 0.5) is 4.39 Å². The molecule has 0 unspecified atom stereocenters. The first kappa shape index (κ1) is 21.7. The van der Waals surface area contributed by atoms with Gasteiger partial charge in [-0.2, -0.15) is 10.4 Å². The largest absolute Gasteiger partial charge is 0.478 e. The highest BCUT2D eigenvalue weighted by Gasteiger charge is 2.17. The second kappa shape index (κ2) is 9.33. The van der Waals surface area contributed by atoms with E-state index >= 15 is 4.39 Å². The Morgan fingerprint density at radius 1 is 1.12 bits per heavy atom. The number of hydrogen-bond acceptors (Lipinski definition) is 3. The molecule has 0 aliphatic carbocycles. The lowest BCUT2D eigenvalue weighted by Crippen LogP contribution is -1.98. The van der Waals surface area contributed by atoms with Crippen molar-refractivity contribution in [2.75, 3.05) is 0 Å². The quantitative estimate of drug-likeness (QED) is 0.284. The number of aliphatic carboxylic acids is 1. The smallest absolute Gasteiger partial charge is 0.328 e. The standard InChI is InChI=1S/C27H20FN3O2/c1-2-22(23-10-5-18(15-29)13-24(23)28)27(20-9-11-25-21(14-20)16-30-31-25)19-7-3-17(4-8-19)6-12-26(32)33/h3-14,16H,2H2,1H3,(H,30,31)(H,32,33)/b12-6+,27-22?. The number of allylic oxidation sites excluding steroid dienone is 1. The van der Waals surface area contributed by atoms with Gasteiger partial charge in [0.15, 0.2) is 0 Å². The summed E-state index contributed by atoms with van der Waals surface area (Å²) in [5.74, 6) is -1.47. The predicted molar refractivity (Wildman–Crippen MR) is 127 cm³/mol. The first-order valence-corrected chi connectivity index (χ1v) is 10.4. The molecule has 162 valence electrons. The van der Waals surface area contributed by atoms with Crippen LogP contribution in [0.5, 0.6) is 0 Å². The number of hydrogen-bond donors (Lipinski definition) is 2. The van der Waals surface area contributed by atoms with Gasteiger partial charge in [0.1, 0.15) is 5.82 Å². The number of benzene rings is 3. The third kappa shape index (κ3) is 4.58. The van der Waals surface area contributed by atoms with Crippen molar-refractivity contribution in [3.63, 3.8) is 0 Å². The van der Waals surface area contributed by atoms with E-state index in [4.69, 9.17) is 10.4 Å². The lowest BCUT2D eigenvalue weighted by molar-refractivity contribution is -0.131. The summed E-state index contributed by atoms with van der Waals surface area (Å²) in [6.07, 6.45) is 4.91. The monoisotopic (exact) mass is 437 g/mol. The van der Waals surface area contributed by atoms with Crippen LogP contribution in [0, 0.1) is 17.1 Å². The van der Waals surface area contributed by atoms with E-state index < -0.39 is 11.8 Å². The molecule has 0 aliphatic rings. The normalized spacial score (nSPS) is 12.0. The van der Waals surface area contributed by atoms with Gasteiger partial charge < -0.3 is 5.11 Å². The Balaban J connectivity index is 1.94. The minimum absolute atomic E-state index is 0.266. The molecule has 0 amide bonds. The number of carboxylic acids is 1. The van der Waals surface area contributed by atoms with E-state index in [1.54, 1.807) is 18.3 Å². The number of carbonyl (C=O) groups is 1. The number of aromatic nitrogens is 2. The van der Waals surface area contributed by atoms with Gasteiger partial charge in [-0.3, -0.25) is 5.10 Å². The number of rotatable bonds is 6. The molecule has 0 spiro atoms. The molecule has 4 rings (SSSR count). The summed E-state index contributed by atoms with van der Waals surface area (Å²) in [5.41, 5.74) is 5.77. The molecule has 0 radical (unpaired) electrons. The van der Waals surface area contributed by atoms with Crippen LogP contribution in [0.1, 0.15) is 41.2 Å².